The van der Waals surface area contributed by atoms with E-state index < -0.39 is 6.36 Å². The van der Waals surface area contributed by atoms with Crippen LogP contribution < -0.4 is 4.74 Å². The third-order valence-corrected chi connectivity index (χ3v) is 7.27. The number of piperidine rings is 1. The van der Waals surface area contributed by atoms with Crippen molar-refractivity contribution in [1.29, 1.82) is 0 Å². The third-order valence-electron chi connectivity index (χ3n) is 5.99. The van der Waals surface area contributed by atoms with Gasteiger partial charge in [-0.05, 0) is 61.9 Å². The SMILES string of the molecule is Cc1cc(OC(F)(F)F)ccc1SN1CCC2(CC1)CC(N1CCOCC1)CO2. The zero-order valence-corrected chi connectivity index (χ0v) is 17.4. The molecule has 4 rings (SSSR count). The molecule has 0 aromatic heterocycles. The molecule has 3 aliphatic heterocycles. The van der Waals surface area contributed by atoms with Crippen molar-refractivity contribution in [3.63, 3.8) is 0 Å². The van der Waals surface area contributed by atoms with E-state index >= 15 is 0 Å². The van der Waals surface area contributed by atoms with E-state index in [4.69, 9.17) is 9.47 Å². The molecule has 1 aromatic rings. The van der Waals surface area contributed by atoms with Crippen LogP contribution >= 0.6 is 11.9 Å². The maximum Gasteiger partial charge on any atom is 0.573 e. The van der Waals surface area contributed by atoms with Gasteiger partial charge in [-0.1, -0.05) is 0 Å². The number of ether oxygens (including phenoxy) is 3. The monoisotopic (exact) mass is 432 g/mol. The molecule has 1 aromatic carbocycles. The highest BCUT2D eigenvalue weighted by molar-refractivity contribution is 7.97. The summed E-state index contributed by atoms with van der Waals surface area (Å²) in [6, 6.07) is 5.00. The summed E-state index contributed by atoms with van der Waals surface area (Å²) in [5.74, 6) is -0.176. The Labute approximate surface area is 173 Å². The average molecular weight is 433 g/mol. The van der Waals surface area contributed by atoms with Crippen LogP contribution in [0.25, 0.3) is 0 Å². The number of alkyl halides is 3. The van der Waals surface area contributed by atoms with E-state index in [9.17, 15) is 13.2 Å². The summed E-state index contributed by atoms with van der Waals surface area (Å²) in [7, 11) is 0. The Kier molecular flexibility index (Phi) is 6.32. The van der Waals surface area contributed by atoms with Crippen molar-refractivity contribution in [2.75, 3.05) is 46.0 Å². The number of aryl methyl sites for hydroxylation is 1. The Hall–Kier alpha value is -1.00. The Balaban J connectivity index is 1.29. The van der Waals surface area contributed by atoms with Gasteiger partial charge in [-0.15, -0.1) is 13.2 Å². The molecular formula is C20H27F3N2O3S. The number of hydrogen-bond acceptors (Lipinski definition) is 6. The van der Waals surface area contributed by atoms with Crippen LogP contribution in [-0.2, 0) is 9.47 Å². The van der Waals surface area contributed by atoms with E-state index in [0.29, 0.717) is 6.04 Å². The van der Waals surface area contributed by atoms with Gasteiger partial charge in [0.1, 0.15) is 5.75 Å². The van der Waals surface area contributed by atoms with Crippen molar-refractivity contribution in [1.82, 2.24) is 9.21 Å². The fourth-order valence-electron chi connectivity index (χ4n) is 4.39. The predicted octanol–water partition coefficient (Wildman–Crippen LogP) is 3.86. The summed E-state index contributed by atoms with van der Waals surface area (Å²) in [6.07, 6.45) is -1.62. The largest absolute Gasteiger partial charge is 0.573 e. The fourth-order valence-corrected chi connectivity index (χ4v) is 5.37. The quantitative estimate of drug-likeness (QED) is 0.673. The molecule has 0 bridgehead atoms. The summed E-state index contributed by atoms with van der Waals surface area (Å²) >= 11 is 1.60. The Morgan fingerprint density at radius 2 is 1.86 bits per heavy atom. The molecule has 3 aliphatic rings. The lowest BCUT2D eigenvalue weighted by Crippen LogP contribution is -2.46. The predicted molar refractivity (Wildman–Crippen MR) is 104 cm³/mol. The summed E-state index contributed by atoms with van der Waals surface area (Å²) in [6.45, 7) is 8.00. The zero-order valence-electron chi connectivity index (χ0n) is 16.5. The summed E-state index contributed by atoms with van der Waals surface area (Å²) < 4.78 is 55.2. The van der Waals surface area contributed by atoms with Crippen LogP contribution in [-0.4, -0.2) is 73.2 Å². The normalized spacial score (nSPS) is 26.1. The molecule has 0 saturated carbocycles. The van der Waals surface area contributed by atoms with Gasteiger partial charge in [-0.3, -0.25) is 4.90 Å². The van der Waals surface area contributed by atoms with Crippen LogP contribution in [0.2, 0.25) is 0 Å². The third kappa shape index (κ3) is 5.38. The van der Waals surface area contributed by atoms with Crippen LogP contribution in [0, 0.1) is 6.92 Å². The second-order valence-corrected chi connectivity index (χ2v) is 9.13. The average Bonchev–Trinajstić information content (AvgIpc) is 3.09. The molecule has 5 nitrogen and oxygen atoms in total. The van der Waals surface area contributed by atoms with Gasteiger partial charge < -0.3 is 14.2 Å². The number of benzene rings is 1. The van der Waals surface area contributed by atoms with Gasteiger partial charge >= 0.3 is 6.36 Å². The minimum absolute atomic E-state index is 0.0283. The highest BCUT2D eigenvalue weighted by Gasteiger charge is 2.44. The molecule has 9 heteroatoms. The molecule has 0 amide bonds. The number of halogens is 3. The molecule has 0 N–H and O–H groups in total. The standard InChI is InChI=1S/C20H27F3N2O3S/c1-15-12-17(28-20(21,22)23)2-3-18(15)29-25-6-4-19(5-7-25)13-16(14-27-19)24-8-10-26-11-9-24/h2-3,12,16H,4-11,13-14H2,1H3. The van der Waals surface area contributed by atoms with Crippen molar-refractivity contribution in [3.8, 4) is 5.75 Å². The van der Waals surface area contributed by atoms with E-state index in [2.05, 4.69) is 13.9 Å². The lowest BCUT2D eigenvalue weighted by atomic mass is 9.88. The maximum atomic E-state index is 12.4. The Morgan fingerprint density at radius 1 is 1.14 bits per heavy atom. The van der Waals surface area contributed by atoms with E-state index in [1.165, 1.54) is 12.1 Å². The number of nitrogens with zero attached hydrogens (tertiary/aromatic N) is 2. The molecule has 3 fully saturated rings. The summed E-state index contributed by atoms with van der Waals surface area (Å²) in [4.78, 5) is 3.45. The van der Waals surface area contributed by atoms with E-state index in [0.717, 1.165) is 75.7 Å². The molecule has 0 aliphatic carbocycles. The first-order valence-corrected chi connectivity index (χ1v) is 10.8. The number of morpholine rings is 1. The molecule has 1 atom stereocenters. The maximum absolute atomic E-state index is 12.4. The molecular weight excluding hydrogens is 405 g/mol. The number of hydrogen-bond donors (Lipinski definition) is 0. The van der Waals surface area contributed by atoms with Crippen molar-refractivity contribution < 1.29 is 27.4 Å². The lowest BCUT2D eigenvalue weighted by Gasteiger charge is -2.39. The molecule has 3 heterocycles. The minimum atomic E-state index is -4.66. The van der Waals surface area contributed by atoms with E-state index in [-0.39, 0.29) is 11.4 Å². The van der Waals surface area contributed by atoms with Gasteiger partial charge in [-0.2, -0.15) is 0 Å². The topological polar surface area (TPSA) is 34.2 Å². The van der Waals surface area contributed by atoms with Crippen LogP contribution in [0.4, 0.5) is 13.2 Å². The Morgan fingerprint density at radius 3 is 2.52 bits per heavy atom. The van der Waals surface area contributed by atoms with Gasteiger partial charge in [0, 0.05) is 37.1 Å². The first-order valence-electron chi connectivity index (χ1n) is 10.1. The van der Waals surface area contributed by atoms with Gasteiger partial charge in [0.25, 0.3) is 0 Å². The van der Waals surface area contributed by atoms with Crippen LogP contribution in [0.5, 0.6) is 5.75 Å². The van der Waals surface area contributed by atoms with Crippen molar-refractivity contribution >= 4 is 11.9 Å². The zero-order chi connectivity index (χ0) is 20.5. The van der Waals surface area contributed by atoms with Crippen LogP contribution in [0.1, 0.15) is 24.8 Å². The molecule has 3 saturated heterocycles. The van der Waals surface area contributed by atoms with Gasteiger partial charge in [-0.25, -0.2) is 4.31 Å². The molecule has 29 heavy (non-hydrogen) atoms. The fraction of sp³-hybridized carbons (Fsp3) is 0.700. The second-order valence-electron chi connectivity index (χ2n) is 8.00. The smallest absolute Gasteiger partial charge is 0.406 e. The highest BCUT2D eigenvalue weighted by atomic mass is 32.2. The molecule has 1 unspecified atom stereocenters. The summed E-state index contributed by atoms with van der Waals surface area (Å²) in [5.41, 5.74) is 0.751. The Bertz CT molecular complexity index is 705. The first-order chi connectivity index (χ1) is 13.8. The van der Waals surface area contributed by atoms with Gasteiger partial charge in [0.05, 0.1) is 25.4 Å². The lowest BCUT2D eigenvalue weighted by molar-refractivity contribution is -0.274. The van der Waals surface area contributed by atoms with E-state index in [1.54, 1.807) is 18.0 Å². The molecule has 0 radical (unpaired) electrons. The van der Waals surface area contributed by atoms with Crippen LogP contribution in [0.15, 0.2) is 23.1 Å². The first kappa shape index (κ1) is 21.2. The second kappa shape index (κ2) is 8.63. The van der Waals surface area contributed by atoms with E-state index in [1.807, 2.05) is 6.92 Å². The van der Waals surface area contributed by atoms with Crippen molar-refractivity contribution in [2.24, 2.45) is 0 Å². The van der Waals surface area contributed by atoms with Crippen LogP contribution in [0.3, 0.4) is 0 Å². The van der Waals surface area contributed by atoms with Gasteiger partial charge in [0.2, 0.25) is 0 Å². The molecule has 162 valence electrons. The minimum Gasteiger partial charge on any atom is -0.406 e. The van der Waals surface area contributed by atoms with Crippen molar-refractivity contribution in [3.05, 3.63) is 23.8 Å². The summed E-state index contributed by atoms with van der Waals surface area (Å²) in [5, 5.41) is 0. The van der Waals surface area contributed by atoms with Gasteiger partial charge in [0.15, 0.2) is 0 Å². The highest BCUT2D eigenvalue weighted by Crippen LogP contribution is 2.41. The van der Waals surface area contributed by atoms with Crippen molar-refractivity contribution in [2.45, 2.75) is 49.1 Å². The molecule has 1 spiro atoms. The number of rotatable bonds is 4.